The highest BCUT2D eigenvalue weighted by molar-refractivity contribution is 5.94. The number of hydrogen-bond donors (Lipinski definition) is 3. The van der Waals surface area contributed by atoms with Gasteiger partial charge in [0.2, 0.25) is 0 Å². The first kappa shape index (κ1) is 20.9. The molecule has 3 aromatic rings. The Morgan fingerprint density at radius 2 is 1.82 bits per heavy atom. The van der Waals surface area contributed by atoms with Crippen molar-refractivity contribution < 1.29 is 14.7 Å². The predicted molar refractivity (Wildman–Crippen MR) is 119 cm³/mol. The molecule has 0 unspecified atom stereocenters. The first-order chi connectivity index (χ1) is 16.0. The third-order valence-electron chi connectivity index (χ3n) is 6.16. The van der Waals surface area contributed by atoms with Crippen LogP contribution in [0.25, 0.3) is 16.9 Å². The van der Waals surface area contributed by atoms with Gasteiger partial charge in [-0.25, -0.2) is 9.97 Å². The number of amides is 1. The lowest BCUT2D eigenvalue weighted by molar-refractivity contribution is -0.142. The molecule has 0 bridgehead atoms. The number of nitrogens with zero attached hydrogens (tertiary/aromatic N) is 5. The van der Waals surface area contributed by atoms with Crippen molar-refractivity contribution in [1.82, 2.24) is 25.1 Å². The number of fused-ring (bicyclic) bond motifs is 1. The Morgan fingerprint density at radius 3 is 2.52 bits per heavy atom. The fraction of sp³-hybridized carbons (Fsp3) is 0.391. The zero-order valence-electron chi connectivity index (χ0n) is 17.9. The van der Waals surface area contributed by atoms with Gasteiger partial charge in [-0.2, -0.15) is 15.0 Å². The van der Waals surface area contributed by atoms with Gasteiger partial charge in [-0.3, -0.25) is 9.59 Å². The molecule has 3 heterocycles. The van der Waals surface area contributed by atoms with E-state index in [1.54, 1.807) is 23.0 Å². The molecule has 0 saturated heterocycles. The summed E-state index contributed by atoms with van der Waals surface area (Å²) in [4.78, 5) is 33.1. The van der Waals surface area contributed by atoms with Gasteiger partial charge >= 0.3 is 5.97 Å². The molecular formula is C23H23N7O3. The Labute approximate surface area is 189 Å². The van der Waals surface area contributed by atoms with Crippen LogP contribution in [0.2, 0.25) is 0 Å². The number of nitrogens with one attached hydrogen (secondary N) is 2. The number of aliphatic carboxylic acids is 1. The summed E-state index contributed by atoms with van der Waals surface area (Å²) in [5.74, 6) is -0.957. The summed E-state index contributed by atoms with van der Waals surface area (Å²) in [5, 5.41) is 29.8. The number of nitriles is 1. The van der Waals surface area contributed by atoms with E-state index in [-0.39, 0.29) is 23.6 Å². The smallest absolute Gasteiger partial charge is 0.306 e. The van der Waals surface area contributed by atoms with Gasteiger partial charge in [0, 0.05) is 35.4 Å². The number of carboxylic acids is 1. The largest absolute Gasteiger partial charge is 0.481 e. The van der Waals surface area contributed by atoms with E-state index in [0.717, 1.165) is 18.5 Å². The molecule has 0 atom stereocenters. The number of hydrogen-bond acceptors (Lipinski definition) is 7. The van der Waals surface area contributed by atoms with Crippen LogP contribution < -0.4 is 10.6 Å². The molecule has 2 fully saturated rings. The van der Waals surface area contributed by atoms with Crippen molar-refractivity contribution in [3.63, 3.8) is 0 Å². The molecule has 0 spiro atoms. The predicted octanol–water partition coefficient (Wildman–Crippen LogP) is 2.63. The van der Waals surface area contributed by atoms with Crippen LogP contribution >= 0.6 is 0 Å². The molecule has 3 aromatic heterocycles. The molecule has 2 aliphatic carbocycles. The summed E-state index contributed by atoms with van der Waals surface area (Å²) in [6, 6.07) is 7.64. The van der Waals surface area contributed by atoms with E-state index in [4.69, 9.17) is 5.26 Å². The Kier molecular flexibility index (Phi) is 5.38. The molecule has 10 heteroatoms. The van der Waals surface area contributed by atoms with E-state index >= 15 is 0 Å². The summed E-state index contributed by atoms with van der Waals surface area (Å²) >= 11 is 0. The number of rotatable bonds is 6. The average Bonchev–Trinajstić information content (AvgIpc) is 3.53. The van der Waals surface area contributed by atoms with Gasteiger partial charge in [-0.05, 0) is 50.7 Å². The molecule has 0 aliphatic heterocycles. The molecule has 10 nitrogen and oxygen atoms in total. The van der Waals surface area contributed by atoms with Crippen molar-refractivity contribution in [3.8, 4) is 11.9 Å². The van der Waals surface area contributed by atoms with Gasteiger partial charge in [-0.1, -0.05) is 0 Å². The fourth-order valence-corrected chi connectivity index (χ4v) is 4.18. The van der Waals surface area contributed by atoms with Gasteiger partial charge in [-0.15, -0.1) is 0 Å². The maximum absolute atomic E-state index is 13.1. The number of carboxylic acid groups (broad SMARTS) is 1. The van der Waals surface area contributed by atoms with Crippen LogP contribution in [0.4, 0.5) is 5.69 Å². The molecule has 33 heavy (non-hydrogen) atoms. The maximum Gasteiger partial charge on any atom is 0.306 e. The highest BCUT2D eigenvalue weighted by Crippen LogP contribution is 2.28. The van der Waals surface area contributed by atoms with Crippen LogP contribution in [0.1, 0.15) is 54.6 Å². The molecule has 0 radical (unpaired) electrons. The Hall–Kier alpha value is -4.00. The molecule has 1 amide bonds. The van der Waals surface area contributed by atoms with Crippen molar-refractivity contribution in [3.05, 3.63) is 41.9 Å². The monoisotopic (exact) mass is 445 g/mol. The van der Waals surface area contributed by atoms with Crippen LogP contribution in [-0.2, 0) is 4.79 Å². The van der Waals surface area contributed by atoms with Gasteiger partial charge in [0.05, 0.1) is 17.7 Å². The third kappa shape index (κ3) is 4.48. The topological polar surface area (TPSA) is 146 Å². The second kappa shape index (κ2) is 8.50. The molecular weight excluding hydrogens is 422 g/mol. The Morgan fingerprint density at radius 1 is 1.06 bits per heavy atom. The maximum atomic E-state index is 13.1. The lowest BCUT2D eigenvalue weighted by Crippen LogP contribution is -2.39. The van der Waals surface area contributed by atoms with Gasteiger partial charge in [0.1, 0.15) is 11.8 Å². The number of anilines is 1. The quantitative estimate of drug-likeness (QED) is 0.525. The van der Waals surface area contributed by atoms with E-state index in [2.05, 4.69) is 31.8 Å². The first-order valence-electron chi connectivity index (χ1n) is 11.1. The van der Waals surface area contributed by atoms with E-state index < -0.39 is 5.97 Å². The molecule has 5 rings (SSSR count). The van der Waals surface area contributed by atoms with Crippen molar-refractivity contribution in [2.24, 2.45) is 5.92 Å². The molecule has 2 saturated carbocycles. The van der Waals surface area contributed by atoms with Crippen LogP contribution in [0.15, 0.2) is 30.6 Å². The normalized spacial score (nSPS) is 20.2. The van der Waals surface area contributed by atoms with E-state index in [1.165, 1.54) is 6.20 Å². The lowest BCUT2D eigenvalue weighted by atomic mass is 9.86. The SMILES string of the molecule is N#Cc1cnc2c(cnn2-c2cc(NC3CC3)cc(C(=O)NC3CCC(C(=O)O)CC3)n2)c1. The number of pyridine rings is 2. The van der Waals surface area contributed by atoms with Crippen molar-refractivity contribution in [2.45, 2.75) is 50.6 Å². The van der Waals surface area contributed by atoms with Crippen LogP contribution in [0.3, 0.4) is 0 Å². The van der Waals surface area contributed by atoms with Gasteiger partial charge in [0.15, 0.2) is 11.5 Å². The van der Waals surface area contributed by atoms with Crippen molar-refractivity contribution in [1.29, 1.82) is 5.26 Å². The average molecular weight is 445 g/mol. The highest BCUT2D eigenvalue weighted by atomic mass is 16.4. The van der Waals surface area contributed by atoms with Crippen LogP contribution in [0, 0.1) is 17.2 Å². The minimum absolute atomic E-state index is 0.0741. The fourth-order valence-electron chi connectivity index (χ4n) is 4.18. The third-order valence-corrected chi connectivity index (χ3v) is 6.16. The number of carbonyl (C=O) groups excluding carboxylic acids is 1. The van der Waals surface area contributed by atoms with Crippen LogP contribution in [0.5, 0.6) is 0 Å². The first-order valence-corrected chi connectivity index (χ1v) is 11.1. The minimum atomic E-state index is -0.771. The Balaban J connectivity index is 1.42. The second-order valence-corrected chi connectivity index (χ2v) is 8.68. The highest BCUT2D eigenvalue weighted by Gasteiger charge is 2.28. The zero-order valence-corrected chi connectivity index (χ0v) is 17.9. The summed E-state index contributed by atoms with van der Waals surface area (Å²) < 4.78 is 1.56. The minimum Gasteiger partial charge on any atom is -0.481 e. The summed E-state index contributed by atoms with van der Waals surface area (Å²) in [6.07, 6.45) is 7.62. The Bertz CT molecular complexity index is 1270. The summed E-state index contributed by atoms with van der Waals surface area (Å²) in [5.41, 5.74) is 2.02. The van der Waals surface area contributed by atoms with Gasteiger partial charge in [0.25, 0.3) is 5.91 Å². The molecule has 2 aliphatic rings. The number of aromatic nitrogens is 4. The summed E-state index contributed by atoms with van der Waals surface area (Å²) in [7, 11) is 0. The van der Waals surface area contributed by atoms with Crippen molar-refractivity contribution in [2.75, 3.05) is 5.32 Å². The zero-order chi connectivity index (χ0) is 22.9. The number of carbonyl (C=O) groups is 2. The van der Waals surface area contributed by atoms with E-state index in [9.17, 15) is 14.7 Å². The van der Waals surface area contributed by atoms with Gasteiger partial charge < -0.3 is 15.7 Å². The van der Waals surface area contributed by atoms with Crippen LogP contribution in [-0.4, -0.2) is 48.8 Å². The van der Waals surface area contributed by atoms with E-state index in [1.807, 2.05) is 6.07 Å². The van der Waals surface area contributed by atoms with E-state index in [0.29, 0.717) is 54.1 Å². The second-order valence-electron chi connectivity index (χ2n) is 8.68. The van der Waals surface area contributed by atoms with Crippen molar-refractivity contribution >= 4 is 28.6 Å². The lowest BCUT2D eigenvalue weighted by Gasteiger charge is -2.26. The summed E-state index contributed by atoms with van der Waals surface area (Å²) in [6.45, 7) is 0. The standard InChI is InChI=1S/C23H23N7O3/c24-10-13-7-15-12-26-30(21(15)25-11-13)20-9-18(27-16-5-6-16)8-19(29-20)22(31)28-17-3-1-14(2-4-17)23(32)33/h7-9,11-12,14,16-17H,1-6H2,(H,27,29)(H,28,31)(H,32,33). The molecule has 3 N–H and O–H groups in total. The molecule has 168 valence electrons. The molecule has 0 aromatic carbocycles.